The number of hydrogen-bond acceptors (Lipinski definition) is 2. The molecular weight excluding hydrogens is 270 g/mol. The van der Waals surface area contributed by atoms with Crippen LogP contribution in [0.2, 0.25) is 0 Å². The molecule has 0 amide bonds. The average Bonchev–Trinajstić information content (AvgIpc) is 2.52. The van der Waals surface area contributed by atoms with Gasteiger partial charge in [0.05, 0.1) is 0 Å². The lowest BCUT2D eigenvalue weighted by Crippen LogP contribution is -2.51. The second kappa shape index (κ2) is 6.67. The molecule has 3 rings (SSSR count). The Balaban J connectivity index is 1.82. The van der Waals surface area contributed by atoms with E-state index in [1.807, 2.05) is 12.2 Å². The Hall–Kier alpha value is -1.26. The Labute approximate surface area is 124 Å². The Morgan fingerprint density at radius 2 is 1.95 bits per heavy atom. The fourth-order valence-corrected chi connectivity index (χ4v) is 3.46. The molecule has 4 heteroatoms. The molecule has 0 aromatic carbocycles. The van der Waals surface area contributed by atoms with Crippen molar-refractivity contribution in [2.75, 3.05) is 26.2 Å². The highest BCUT2D eigenvalue weighted by Crippen LogP contribution is 2.33. The summed E-state index contributed by atoms with van der Waals surface area (Å²) in [6.45, 7) is 3.94. The number of halogens is 2. The standard InChI is InChI=1S/C17H22F2N2/c18-15-5-1-13(2-6-15)17(21-11-9-20-10-12-21)14-3-7-16(19)8-4-14/h1,3,5-7,13,17,20H,2,4,8-12H2. The van der Waals surface area contributed by atoms with E-state index in [9.17, 15) is 8.78 Å². The van der Waals surface area contributed by atoms with Gasteiger partial charge in [0.25, 0.3) is 0 Å². The second-order valence-electron chi connectivity index (χ2n) is 5.93. The van der Waals surface area contributed by atoms with Gasteiger partial charge in [-0.15, -0.1) is 0 Å². The van der Waals surface area contributed by atoms with Crippen molar-refractivity contribution in [2.24, 2.45) is 5.92 Å². The average molecular weight is 292 g/mol. The minimum absolute atomic E-state index is 0.0389. The van der Waals surface area contributed by atoms with Gasteiger partial charge in [-0.2, -0.15) is 0 Å². The number of piperazine rings is 1. The van der Waals surface area contributed by atoms with E-state index in [0.717, 1.165) is 39.0 Å². The Morgan fingerprint density at radius 3 is 2.57 bits per heavy atom. The lowest BCUT2D eigenvalue weighted by Gasteiger charge is -2.40. The summed E-state index contributed by atoms with van der Waals surface area (Å²) in [7, 11) is 0. The molecule has 0 saturated carbocycles. The summed E-state index contributed by atoms with van der Waals surface area (Å²) in [5.41, 5.74) is 1.28. The number of nitrogens with one attached hydrogen (secondary N) is 1. The third kappa shape index (κ3) is 3.50. The van der Waals surface area contributed by atoms with Crippen molar-refractivity contribution in [3.8, 4) is 0 Å². The molecule has 0 bridgehead atoms. The molecule has 1 N–H and O–H groups in total. The quantitative estimate of drug-likeness (QED) is 0.859. The van der Waals surface area contributed by atoms with E-state index in [1.165, 1.54) is 5.57 Å². The predicted octanol–water partition coefficient (Wildman–Crippen LogP) is 3.26. The summed E-state index contributed by atoms with van der Waals surface area (Å²) in [4.78, 5) is 2.46. The molecule has 0 spiro atoms. The minimum atomic E-state index is -0.145. The fourth-order valence-electron chi connectivity index (χ4n) is 3.46. The van der Waals surface area contributed by atoms with Crippen LogP contribution in [0.25, 0.3) is 0 Å². The summed E-state index contributed by atoms with van der Waals surface area (Å²) in [6.07, 6.45) is 10.7. The molecule has 1 saturated heterocycles. The molecule has 1 fully saturated rings. The third-order valence-corrected chi connectivity index (χ3v) is 4.55. The van der Waals surface area contributed by atoms with Crippen LogP contribution in [0, 0.1) is 5.92 Å². The number of rotatable bonds is 3. The number of nitrogens with zero attached hydrogens (tertiary/aromatic N) is 1. The van der Waals surface area contributed by atoms with Gasteiger partial charge in [0.15, 0.2) is 0 Å². The third-order valence-electron chi connectivity index (χ3n) is 4.55. The van der Waals surface area contributed by atoms with Crippen LogP contribution in [0.4, 0.5) is 8.78 Å². The zero-order valence-corrected chi connectivity index (χ0v) is 12.2. The Kier molecular flexibility index (Phi) is 4.66. The molecular formula is C17H22F2N2. The summed E-state index contributed by atoms with van der Waals surface area (Å²) in [5.74, 6) is 0.0974. The van der Waals surface area contributed by atoms with Crippen LogP contribution < -0.4 is 5.32 Å². The first-order chi connectivity index (χ1) is 10.2. The molecule has 1 heterocycles. The first-order valence-corrected chi connectivity index (χ1v) is 7.78. The molecule has 114 valence electrons. The summed E-state index contributed by atoms with van der Waals surface area (Å²) in [6, 6.07) is 0.261. The Morgan fingerprint density at radius 1 is 1.14 bits per heavy atom. The smallest absolute Gasteiger partial charge is 0.118 e. The predicted molar refractivity (Wildman–Crippen MR) is 81.2 cm³/mol. The maximum absolute atomic E-state index is 13.3. The topological polar surface area (TPSA) is 15.3 Å². The van der Waals surface area contributed by atoms with Gasteiger partial charge in [0, 0.05) is 44.6 Å². The molecule has 0 aromatic heterocycles. The van der Waals surface area contributed by atoms with E-state index in [1.54, 1.807) is 18.2 Å². The molecule has 1 aliphatic heterocycles. The zero-order chi connectivity index (χ0) is 14.7. The maximum Gasteiger partial charge on any atom is 0.118 e. The lowest BCUT2D eigenvalue weighted by molar-refractivity contribution is 0.160. The van der Waals surface area contributed by atoms with Gasteiger partial charge in [-0.3, -0.25) is 4.90 Å². The first-order valence-electron chi connectivity index (χ1n) is 7.78. The summed E-state index contributed by atoms with van der Waals surface area (Å²) in [5, 5.41) is 3.37. The van der Waals surface area contributed by atoms with Crippen molar-refractivity contribution in [3.63, 3.8) is 0 Å². The van der Waals surface area contributed by atoms with Crippen LogP contribution in [0.1, 0.15) is 19.3 Å². The molecule has 2 nitrogen and oxygen atoms in total. The van der Waals surface area contributed by atoms with Crippen LogP contribution in [0.5, 0.6) is 0 Å². The molecule has 2 atom stereocenters. The van der Waals surface area contributed by atoms with Gasteiger partial charge in [0.1, 0.15) is 11.7 Å². The van der Waals surface area contributed by atoms with Crippen LogP contribution in [-0.2, 0) is 0 Å². The summed E-state index contributed by atoms with van der Waals surface area (Å²) < 4.78 is 26.5. The van der Waals surface area contributed by atoms with Crippen molar-refractivity contribution < 1.29 is 8.78 Å². The van der Waals surface area contributed by atoms with Gasteiger partial charge in [-0.1, -0.05) is 17.7 Å². The van der Waals surface area contributed by atoms with Crippen molar-refractivity contribution >= 4 is 0 Å². The lowest BCUT2D eigenvalue weighted by atomic mass is 9.83. The van der Waals surface area contributed by atoms with Crippen LogP contribution in [0.3, 0.4) is 0 Å². The normalized spacial score (nSPS) is 28.7. The zero-order valence-electron chi connectivity index (χ0n) is 12.2. The number of hydrogen-bond donors (Lipinski definition) is 1. The van der Waals surface area contributed by atoms with Crippen LogP contribution in [0.15, 0.2) is 47.6 Å². The SMILES string of the molecule is FC1=CCC(C(C2=CC=C(F)CC2)N2CCNCC2)C=C1. The van der Waals surface area contributed by atoms with Crippen LogP contribution >= 0.6 is 0 Å². The first kappa shape index (κ1) is 14.7. The van der Waals surface area contributed by atoms with E-state index in [4.69, 9.17) is 0 Å². The van der Waals surface area contributed by atoms with Gasteiger partial charge in [-0.25, -0.2) is 8.78 Å². The summed E-state index contributed by atoms with van der Waals surface area (Å²) >= 11 is 0. The van der Waals surface area contributed by atoms with Crippen molar-refractivity contribution in [3.05, 3.63) is 47.6 Å². The van der Waals surface area contributed by atoms with E-state index < -0.39 is 0 Å². The highest BCUT2D eigenvalue weighted by atomic mass is 19.1. The molecule has 21 heavy (non-hydrogen) atoms. The van der Waals surface area contributed by atoms with E-state index in [0.29, 0.717) is 6.42 Å². The molecule has 2 aliphatic carbocycles. The maximum atomic E-state index is 13.3. The number of allylic oxidation sites excluding steroid dienone is 6. The molecule has 3 aliphatic rings. The van der Waals surface area contributed by atoms with Gasteiger partial charge >= 0.3 is 0 Å². The monoisotopic (exact) mass is 292 g/mol. The van der Waals surface area contributed by atoms with Crippen molar-refractivity contribution in [1.82, 2.24) is 10.2 Å². The largest absolute Gasteiger partial charge is 0.314 e. The molecule has 0 radical (unpaired) electrons. The highest BCUT2D eigenvalue weighted by Gasteiger charge is 2.31. The van der Waals surface area contributed by atoms with E-state index in [-0.39, 0.29) is 23.6 Å². The second-order valence-corrected chi connectivity index (χ2v) is 5.93. The van der Waals surface area contributed by atoms with E-state index >= 15 is 0 Å². The minimum Gasteiger partial charge on any atom is -0.314 e. The molecule has 2 unspecified atom stereocenters. The van der Waals surface area contributed by atoms with E-state index in [2.05, 4.69) is 10.2 Å². The van der Waals surface area contributed by atoms with Crippen molar-refractivity contribution in [1.29, 1.82) is 0 Å². The van der Waals surface area contributed by atoms with Gasteiger partial charge in [0.2, 0.25) is 0 Å². The molecule has 0 aromatic rings. The van der Waals surface area contributed by atoms with Crippen LogP contribution in [-0.4, -0.2) is 37.1 Å². The van der Waals surface area contributed by atoms with Crippen molar-refractivity contribution in [2.45, 2.75) is 25.3 Å². The van der Waals surface area contributed by atoms with Gasteiger partial charge in [-0.05, 0) is 31.1 Å². The highest BCUT2D eigenvalue weighted by molar-refractivity contribution is 5.29. The van der Waals surface area contributed by atoms with Gasteiger partial charge < -0.3 is 5.32 Å². The fraction of sp³-hybridized carbons (Fsp3) is 0.529. The Bertz CT molecular complexity index is 499.